The Hall–Kier alpha value is -1.43. The van der Waals surface area contributed by atoms with Crippen molar-refractivity contribution >= 4 is 5.91 Å². The van der Waals surface area contributed by atoms with Crippen molar-refractivity contribution in [1.82, 2.24) is 25.2 Å². The number of nitrogens with one attached hydrogen (secondary N) is 1. The van der Waals surface area contributed by atoms with Gasteiger partial charge in [-0.3, -0.25) is 4.79 Å². The highest BCUT2D eigenvalue weighted by molar-refractivity contribution is 5.91. The predicted molar refractivity (Wildman–Crippen MR) is 63.7 cm³/mol. The van der Waals surface area contributed by atoms with Crippen LogP contribution in [0, 0.1) is 5.92 Å². The molecule has 0 aromatic carbocycles. The normalized spacial score (nSPS) is 16.0. The molecular formula is C11H19N5O. The van der Waals surface area contributed by atoms with E-state index in [-0.39, 0.29) is 5.91 Å². The molecule has 0 radical (unpaired) electrons. The molecule has 1 N–H and O–H groups in total. The van der Waals surface area contributed by atoms with Crippen LogP contribution in [0.4, 0.5) is 0 Å². The van der Waals surface area contributed by atoms with Crippen LogP contribution in [-0.2, 0) is 0 Å². The van der Waals surface area contributed by atoms with Crippen LogP contribution in [0.15, 0.2) is 6.20 Å². The van der Waals surface area contributed by atoms with E-state index in [2.05, 4.69) is 29.5 Å². The van der Waals surface area contributed by atoms with Crippen molar-refractivity contribution in [3.63, 3.8) is 0 Å². The fourth-order valence-corrected chi connectivity index (χ4v) is 1.84. The topological polar surface area (TPSA) is 63.1 Å². The van der Waals surface area contributed by atoms with Crippen LogP contribution in [0.3, 0.4) is 0 Å². The van der Waals surface area contributed by atoms with E-state index in [0.29, 0.717) is 17.7 Å². The van der Waals surface area contributed by atoms with E-state index in [0.717, 1.165) is 19.6 Å². The molecule has 1 fully saturated rings. The second kappa shape index (κ2) is 4.83. The van der Waals surface area contributed by atoms with Gasteiger partial charge in [-0.05, 0) is 5.92 Å². The summed E-state index contributed by atoms with van der Waals surface area (Å²) in [6.07, 6.45) is 1.74. The maximum atomic E-state index is 12.0. The quantitative estimate of drug-likeness (QED) is 0.809. The summed E-state index contributed by atoms with van der Waals surface area (Å²) in [5.74, 6) is 0.395. The summed E-state index contributed by atoms with van der Waals surface area (Å²) in [7, 11) is 1.80. The van der Waals surface area contributed by atoms with E-state index >= 15 is 0 Å². The van der Waals surface area contributed by atoms with Gasteiger partial charge in [0.05, 0.1) is 12.2 Å². The van der Waals surface area contributed by atoms with E-state index in [1.807, 2.05) is 0 Å². The zero-order valence-corrected chi connectivity index (χ0v) is 10.6. The minimum atomic E-state index is -0.0581. The fraction of sp³-hybridized carbons (Fsp3) is 0.727. The Kier molecular flexibility index (Phi) is 3.42. The first-order valence-corrected chi connectivity index (χ1v) is 5.96. The number of amides is 1. The van der Waals surface area contributed by atoms with Gasteiger partial charge in [0.2, 0.25) is 0 Å². The van der Waals surface area contributed by atoms with Crippen molar-refractivity contribution in [2.45, 2.75) is 19.9 Å². The lowest BCUT2D eigenvalue weighted by atomic mass is 10.2. The van der Waals surface area contributed by atoms with E-state index < -0.39 is 0 Å². The third-order valence-corrected chi connectivity index (χ3v) is 2.85. The van der Waals surface area contributed by atoms with Crippen LogP contribution in [0.2, 0.25) is 0 Å². The predicted octanol–water partition coefficient (Wildman–Crippen LogP) is 0.150. The number of rotatable bonds is 4. The van der Waals surface area contributed by atoms with Crippen molar-refractivity contribution in [2.75, 3.05) is 26.7 Å². The number of hydrogen-bond donors (Lipinski definition) is 1. The minimum absolute atomic E-state index is 0.0581. The summed E-state index contributed by atoms with van der Waals surface area (Å²) >= 11 is 0. The van der Waals surface area contributed by atoms with E-state index in [1.54, 1.807) is 22.8 Å². The zero-order valence-electron chi connectivity index (χ0n) is 10.6. The Morgan fingerprint density at radius 2 is 2.35 bits per heavy atom. The molecule has 0 spiro atoms. The second-order valence-corrected chi connectivity index (χ2v) is 4.98. The summed E-state index contributed by atoms with van der Waals surface area (Å²) in [4.78, 5) is 13.7. The first-order chi connectivity index (χ1) is 8.08. The third kappa shape index (κ3) is 2.63. The molecule has 6 nitrogen and oxygen atoms in total. The first kappa shape index (κ1) is 12.0. The lowest BCUT2D eigenvalue weighted by molar-refractivity contribution is 0.0773. The molecule has 0 aliphatic carbocycles. The second-order valence-electron chi connectivity index (χ2n) is 4.98. The Balaban J connectivity index is 2.01. The van der Waals surface area contributed by atoms with Crippen molar-refractivity contribution < 1.29 is 4.79 Å². The van der Waals surface area contributed by atoms with Gasteiger partial charge in [-0.1, -0.05) is 19.1 Å². The van der Waals surface area contributed by atoms with Crippen molar-refractivity contribution in [2.24, 2.45) is 5.92 Å². The molecule has 1 amide bonds. The SMILES string of the molecule is CC(C)CN(C)C(=O)c1cn(C2CNC2)nn1. The lowest BCUT2D eigenvalue weighted by Gasteiger charge is -2.26. The molecule has 2 heterocycles. The Morgan fingerprint density at radius 3 is 2.88 bits per heavy atom. The molecule has 0 unspecified atom stereocenters. The van der Waals surface area contributed by atoms with Crippen LogP contribution in [-0.4, -0.2) is 52.5 Å². The van der Waals surface area contributed by atoms with Gasteiger partial charge >= 0.3 is 0 Å². The molecule has 0 bridgehead atoms. The standard InChI is InChI=1S/C11H19N5O/c1-8(2)6-15(3)11(17)10-7-16(14-13-10)9-4-12-5-9/h7-9,12H,4-6H2,1-3H3. The van der Waals surface area contributed by atoms with Gasteiger partial charge in [0, 0.05) is 26.7 Å². The summed E-state index contributed by atoms with van der Waals surface area (Å²) in [5, 5.41) is 11.1. The molecule has 1 aliphatic heterocycles. The summed E-state index contributed by atoms with van der Waals surface area (Å²) in [5.41, 5.74) is 0.431. The average molecular weight is 237 g/mol. The van der Waals surface area contributed by atoms with Crippen LogP contribution in [0.5, 0.6) is 0 Å². The highest BCUT2D eigenvalue weighted by Crippen LogP contribution is 2.11. The molecule has 1 aromatic rings. The summed E-state index contributed by atoms with van der Waals surface area (Å²) in [6, 6.07) is 0.347. The average Bonchev–Trinajstić information content (AvgIpc) is 2.61. The largest absolute Gasteiger partial charge is 0.340 e. The highest BCUT2D eigenvalue weighted by atomic mass is 16.2. The van der Waals surface area contributed by atoms with Crippen LogP contribution >= 0.6 is 0 Å². The van der Waals surface area contributed by atoms with E-state index in [9.17, 15) is 4.79 Å². The molecule has 17 heavy (non-hydrogen) atoms. The minimum Gasteiger partial charge on any atom is -0.340 e. The molecule has 1 saturated heterocycles. The molecule has 2 rings (SSSR count). The van der Waals surface area contributed by atoms with E-state index in [1.165, 1.54) is 0 Å². The fourth-order valence-electron chi connectivity index (χ4n) is 1.84. The van der Waals surface area contributed by atoms with Gasteiger partial charge in [0.1, 0.15) is 0 Å². The van der Waals surface area contributed by atoms with Crippen LogP contribution < -0.4 is 5.32 Å². The molecule has 0 atom stereocenters. The van der Waals surface area contributed by atoms with Gasteiger partial charge < -0.3 is 10.2 Å². The van der Waals surface area contributed by atoms with Crippen molar-refractivity contribution in [3.8, 4) is 0 Å². The van der Waals surface area contributed by atoms with Crippen LogP contribution in [0.25, 0.3) is 0 Å². The third-order valence-electron chi connectivity index (χ3n) is 2.85. The summed E-state index contributed by atoms with van der Waals surface area (Å²) in [6.45, 7) is 6.70. The molecule has 94 valence electrons. The monoisotopic (exact) mass is 237 g/mol. The van der Waals surface area contributed by atoms with Gasteiger partial charge in [-0.15, -0.1) is 5.10 Å². The number of carbonyl (C=O) groups is 1. The Bertz CT molecular complexity index is 396. The smallest absolute Gasteiger partial charge is 0.275 e. The van der Waals surface area contributed by atoms with Gasteiger partial charge in [0.15, 0.2) is 5.69 Å². The number of hydrogen-bond acceptors (Lipinski definition) is 4. The van der Waals surface area contributed by atoms with Gasteiger partial charge in [-0.25, -0.2) is 4.68 Å². The molecule has 1 aliphatic rings. The van der Waals surface area contributed by atoms with Crippen molar-refractivity contribution in [1.29, 1.82) is 0 Å². The van der Waals surface area contributed by atoms with Gasteiger partial charge in [0.25, 0.3) is 5.91 Å². The van der Waals surface area contributed by atoms with Gasteiger partial charge in [-0.2, -0.15) is 0 Å². The molecule has 6 heteroatoms. The Morgan fingerprint density at radius 1 is 1.65 bits per heavy atom. The zero-order chi connectivity index (χ0) is 12.4. The molecule has 0 saturated carbocycles. The summed E-state index contributed by atoms with van der Waals surface area (Å²) < 4.78 is 1.77. The highest BCUT2D eigenvalue weighted by Gasteiger charge is 2.22. The maximum absolute atomic E-state index is 12.0. The molecular weight excluding hydrogens is 218 g/mol. The molecule has 1 aromatic heterocycles. The first-order valence-electron chi connectivity index (χ1n) is 5.96. The Labute approximate surface area is 101 Å². The maximum Gasteiger partial charge on any atom is 0.275 e. The number of nitrogens with zero attached hydrogens (tertiary/aromatic N) is 4. The van der Waals surface area contributed by atoms with E-state index in [4.69, 9.17) is 0 Å². The van der Waals surface area contributed by atoms with Crippen molar-refractivity contribution in [3.05, 3.63) is 11.9 Å². The number of aromatic nitrogens is 3. The van der Waals surface area contributed by atoms with Crippen LogP contribution in [0.1, 0.15) is 30.4 Å². The lowest BCUT2D eigenvalue weighted by Crippen LogP contribution is -2.43. The number of carbonyl (C=O) groups excluding carboxylic acids is 1.